The largest absolute Gasteiger partial charge is 0.460 e. The Hall–Kier alpha value is -1.70. The fraction of sp³-hybridized carbons (Fsp3) is 0.867. The van der Waals surface area contributed by atoms with Crippen LogP contribution in [-0.2, 0) is 0 Å². The van der Waals surface area contributed by atoms with E-state index in [0.29, 0.717) is 0 Å². The van der Waals surface area contributed by atoms with Crippen LogP contribution >= 0.6 is 0 Å². The summed E-state index contributed by atoms with van der Waals surface area (Å²) < 4.78 is 261. The summed E-state index contributed by atoms with van der Waals surface area (Å²) in [7, 11) is 0. The Balaban J connectivity index is 6.34. The van der Waals surface area contributed by atoms with Crippen molar-refractivity contribution in [2.75, 3.05) is 6.61 Å². The lowest BCUT2D eigenvalue weighted by Gasteiger charge is -2.37. The zero-order valence-corrected chi connectivity index (χ0v) is 16.4. The Morgan fingerprint density at radius 3 is 1.28 bits per heavy atom. The molecule has 0 saturated heterocycles. The Morgan fingerprint density at radius 1 is 0.528 bits per heavy atom. The second-order valence-corrected chi connectivity index (χ2v) is 6.94. The molecule has 1 N–H and O–H groups in total. The third-order valence-corrected chi connectivity index (χ3v) is 4.34. The van der Waals surface area contributed by atoms with Crippen molar-refractivity contribution in [3.8, 4) is 0 Å². The van der Waals surface area contributed by atoms with E-state index in [9.17, 15) is 87.8 Å². The minimum atomic E-state index is -8.22. The topological polar surface area (TPSA) is 20.2 Å². The van der Waals surface area contributed by atoms with E-state index in [1.807, 2.05) is 0 Å². The van der Waals surface area contributed by atoms with Crippen LogP contribution in [0.2, 0.25) is 0 Å². The quantitative estimate of drug-likeness (QED) is 0.233. The van der Waals surface area contributed by atoms with Crippen LogP contribution in [-0.4, -0.2) is 65.3 Å². The van der Waals surface area contributed by atoms with E-state index in [-0.39, 0.29) is 0 Å². The molecule has 0 fully saturated rings. The first-order valence-electron chi connectivity index (χ1n) is 8.50. The summed E-state index contributed by atoms with van der Waals surface area (Å²) in [5.41, 5.74) is 0. The van der Waals surface area contributed by atoms with Gasteiger partial charge in [0.1, 0.15) is 0 Å². The normalized spacial score (nSPS) is 16.5. The Labute approximate surface area is 185 Å². The summed E-state index contributed by atoms with van der Waals surface area (Å²) in [6.45, 7) is -1.36. The van der Waals surface area contributed by atoms with Crippen molar-refractivity contribution >= 4 is 0 Å². The molecule has 0 bridgehead atoms. The lowest BCUT2D eigenvalue weighted by molar-refractivity contribution is -0.419. The first-order chi connectivity index (χ1) is 15.4. The van der Waals surface area contributed by atoms with Crippen LogP contribution in [0.25, 0.3) is 0 Å². The number of halogens is 20. The maximum Gasteiger partial charge on any atom is 0.460 e. The van der Waals surface area contributed by atoms with Gasteiger partial charge in [0.15, 0.2) is 5.83 Å². The molecule has 0 aromatic heterocycles. The van der Waals surface area contributed by atoms with Gasteiger partial charge in [0, 0.05) is 19.4 Å². The van der Waals surface area contributed by atoms with E-state index in [1.165, 1.54) is 0 Å². The molecular weight excluding hydrogens is 576 g/mol. The number of allylic oxidation sites excluding steroid dienone is 2. The standard InChI is InChI=1S/C15H10F20O/c16-6(9(21,22)12(27,28)13(29,30)14(31,32)15(33,34)35)2-4-8(19,20)11(25,26)10(23,24)7(17,18)3-1-5-36/h2,36H,1,3-5H2. The third-order valence-electron chi connectivity index (χ3n) is 4.34. The zero-order valence-electron chi connectivity index (χ0n) is 16.4. The van der Waals surface area contributed by atoms with Crippen molar-refractivity contribution in [1.82, 2.24) is 0 Å². The summed E-state index contributed by atoms with van der Waals surface area (Å²) in [4.78, 5) is 0. The van der Waals surface area contributed by atoms with E-state index in [2.05, 4.69) is 0 Å². The van der Waals surface area contributed by atoms with Gasteiger partial charge in [0.05, 0.1) is 0 Å². The minimum Gasteiger partial charge on any atom is -0.396 e. The van der Waals surface area contributed by atoms with Gasteiger partial charge in [0.2, 0.25) is 0 Å². The van der Waals surface area contributed by atoms with Gasteiger partial charge in [-0.2, -0.15) is 83.4 Å². The molecule has 21 heteroatoms. The lowest BCUT2D eigenvalue weighted by atomic mass is 9.93. The average Bonchev–Trinajstić information content (AvgIpc) is 2.68. The van der Waals surface area contributed by atoms with Gasteiger partial charge in [-0.15, -0.1) is 0 Å². The third kappa shape index (κ3) is 5.16. The van der Waals surface area contributed by atoms with Crippen molar-refractivity contribution in [1.29, 1.82) is 0 Å². The predicted octanol–water partition coefficient (Wildman–Crippen LogP) is 7.65. The molecule has 0 spiro atoms. The number of alkyl halides is 19. The maximum absolute atomic E-state index is 13.5. The van der Waals surface area contributed by atoms with Crippen LogP contribution in [0, 0.1) is 0 Å². The molecule has 0 heterocycles. The highest BCUT2D eigenvalue weighted by Crippen LogP contribution is 2.59. The fourth-order valence-electron chi connectivity index (χ4n) is 2.11. The molecule has 0 rings (SSSR count). The summed E-state index contributed by atoms with van der Waals surface area (Å²) in [5.74, 6) is -63.8. The van der Waals surface area contributed by atoms with Crippen molar-refractivity contribution in [3.05, 3.63) is 11.9 Å². The van der Waals surface area contributed by atoms with Crippen LogP contribution in [0.5, 0.6) is 0 Å². The van der Waals surface area contributed by atoms with Crippen LogP contribution in [0.4, 0.5) is 87.8 Å². The zero-order chi connectivity index (χ0) is 29.6. The molecule has 1 nitrogen and oxygen atoms in total. The first kappa shape index (κ1) is 34.3. The van der Waals surface area contributed by atoms with E-state index in [1.54, 1.807) is 0 Å². The van der Waals surface area contributed by atoms with Crippen molar-refractivity contribution < 1.29 is 92.9 Å². The predicted molar refractivity (Wildman–Crippen MR) is 75.8 cm³/mol. The second-order valence-electron chi connectivity index (χ2n) is 6.94. The monoisotopic (exact) mass is 586 g/mol. The molecule has 0 saturated carbocycles. The van der Waals surface area contributed by atoms with Crippen LogP contribution < -0.4 is 0 Å². The number of hydrogen-bond donors (Lipinski definition) is 1. The SMILES string of the molecule is OCCCC(F)(F)C(F)(F)C(F)(F)C(F)(F)CC=C(F)C(F)(F)C(F)(F)C(F)(F)C(F)(F)C(F)(F)F. The summed E-state index contributed by atoms with van der Waals surface area (Å²) in [5, 5.41) is 8.24. The highest BCUT2D eigenvalue weighted by atomic mass is 19.4. The molecule has 0 atom stereocenters. The summed E-state index contributed by atoms with van der Waals surface area (Å²) in [6, 6.07) is 0. The van der Waals surface area contributed by atoms with Crippen LogP contribution in [0.1, 0.15) is 19.3 Å². The Bertz CT molecular complexity index is 791. The summed E-state index contributed by atoms with van der Waals surface area (Å²) in [6.07, 6.45) is -17.1. The maximum atomic E-state index is 13.5. The van der Waals surface area contributed by atoms with E-state index in [4.69, 9.17) is 5.11 Å². The van der Waals surface area contributed by atoms with Gasteiger partial charge in [-0.1, -0.05) is 0 Å². The Morgan fingerprint density at radius 2 is 0.917 bits per heavy atom. The highest BCUT2D eigenvalue weighted by molar-refractivity contribution is 5.18. The second kappa shape index (κ2) is 9.55. The molecule has 216 valence electrons. The van der Waals surface area contributed by atoms with Gasteiger partial charge in [-0.25, -0.2) is 4.39 Å². The fourth-order valence-corrected chi connectivity index (χ4v) is 2.11. The van der Waals surface area contributed by atoms with E-state index in [0.717, 1.165) is 0 Å². The van der Waals surface area contributed by atoms with Gasteiger partial charge in [0.25, 0.3) is 0 Å². The van der Waals surface area contributed by atoms with Crippen molar-refractivity contribution in [2.45, 2.75) is 72.8 Å². The number of rotatable bonds is 12. The molecule has 36 heavy (non-hydrogen) atoms. The molecule has 0 aromatic carbocycles. The van der Waals surface area contributed by atoms with E-state index < -0.39 is 91.3 Å². The Kier molecular flexibility index (Phi) is 9.10. The minimum absolute atomic E-state index is 1.36. The van der Waals surface area contributed by atoms with Crippen LogP contribution in [0.15, 0.2) is 11.9 Å². The smallest absolute Gasteiger partial charge is 0.396 e. The molecular formula is C15H10F20O. The molecule has 0 aliphatic rings. The van der Waals surface area contributed by atoms with Gasteiger partial charge >= 0.3 is 53.6 Å². The molecule has 0 radical (unpaired) electrons. The van der Waals surface area contributed by atoms with Crippen molar-refractivity contribution in [3.63, 3.8) is 0 Å². The van der Waals surface area contributed by atoms with Gasteiger partial charge < -0.3 is 5.11 Å². The van der Waals surface area contributed by atoms with Gasteiger partial charge in [-0.3, -0.25) is 0 Å². The molecule has 0 amide bonds. The molecule has 0 unspecified atom stereocenters. The first-order valence-corrected chi connectivity index (χ1v) is 8.50. The number of aliphatic hydroxyl groups is 1. The summed E-state index contributed by atoms with van der Waals surface area (Å²) >= 11 is 0. The van der Waals surface area contributed by atoms with Gasteiger partial charge in [-0.05, 0) is 12.5 Å². The molecule has 0 aromatic rings. The highest BCUT2D eigenvalue weighted by Gasteiger charge is 2.88. The molecule has 0 aliphatic carbocycles. The lowest BCUT2D eigenvalue weighted by Crippen LogP contribution is -2.66. The van der Waals surface area contributed by atoms with Crippen LogP contribution in [0.3, 0.4) is 0 Å². The number of hydrogen-bond acceptors (Lipinski definition) is 1. The number of aliphatic hydroxyl groups excluding tert-OH is 1. The molecule has 0 aliphatic heterocycles. The van der Waals surface area contributed by atoms with E-state index >= 15 is 0 Å². The van der Waals surface area contributed by atoms with Crippen molar-refractivity contribution in [2.24, 2.45) is 0 Å². The average molecular weight is 586 g/mol.